The lowest BCUT2D eigenvalue weighted by atomic mass is 10.2. The molecule has 3 aromatic rings. The second kappa shape index (κ2) is 7.49. The first-order chi connectivity index (χ1) is 11.8. The van der Waals surface area contributed by atoms with Gasteiger partial charge in [-0.15, -0.1) is 0 Å². The normalized spacial score (nSPS) is 10.1. The summed E-state index contributed by atoms with van der Waals surface area (Å²) in [7, 11) is 0. The molecule has 1 aromatic carbocycles. The highest BCUT2D eigenvalue weighted by Gasteiger charge is 2.15. The molecular formula is C18H14N2O3S. The fraction of sp³-hybridized carbons (Fsp3) is 0.111. The van der Waals surface area contributed by atoms with Crippen LogP contribution >= 0.6 is 11.3 Å². The molecule has 0 saturated carbocycles. The maximum absolute atomic E-state index is 12.2. The standard InChI is InChI=1S/C18H14N2O3S/c19-9-13-2-1-3-16(8-13)23-11-15-4-6-22-17(15)18(21)20-10-14-5-7-24-12-14/h1-8,12H,10-11H2,(H,20,21). The molecule has 2 aromatic heterocycles. The van der Waals surface area contributed by atoms with Gasteiger partial charge in [0, 0.05) is 12.1 Å². The molecule has 0 bridgehead atoms. The molecule has 5 nitrogen and oxygen atoms in total. The Morgan fingerprint density at radius 3 is 3.04 bits per heavy atom. The second-order valence-corrected chi connectivity index (χ2v) is 5.80. The van der Waals surface area contributed by atoms with Crippen LogP contribution in [-0.4, -0.2) is 5.91 Å². The van der Waals surface area contributed by atoms with Crippen molar-refractivity contribution >= 4 is 17.2 Å². The van der Waals surface area contributed by atoms with Crippen LogP contribution < -0.4 is 10.1 Å². The van der Waals surface area contributed by atoms with Crippen LogP contribution in [-0.2, 0) is 13.2 Å². The number of nitriles is 1. The molecule has 0 aliphatic carbocycles. The Hall–Kier alpha value is -3.04. The van der Waals surface area contributed by atoms with Crippen LogP contribution in [0.3, 0.4) is 0 Å². The Labute approximate surface area is 143 Å². The highest BCUT2D eigenvalue weighted by Crippen LogP contribution is 2.17. The number of thiophene rings is 1. The summed E-state index contributed by atoms with van der Waals surface area (Å²) in [6.45, 7) is 0.639. The summed E-state index contributed by atoms with van der Waals surface area (Å²) in [5.41, 5.74) is 2.22. The minimum atomic E-state index is -0.282. The van der Waals surface area contributed by atoms with Gasteiger partial charge in [-0.05, 0) is 46.7 Å². The largest absolute Gasteiger partial charge is 0.489 e. The van der Waals surface area contributed by atoms with E-state index in [2.05, 4.69) is 11.4 Å². The number of hydrogen-bond acceptors (Lipinski definition) is 5. The third-order valence-corrected chi connectivity index (χ3v) is 4.08. The highest BCUT2D eigenvalue weighted by molar-refractivity contribution is 7.07. The van der Waals surface area contributed by atoms with Crippen molar-refractivity contribution in [3.05, 3.63) is 75.9 Å². The Morgan fingerprint density at radius 1 is 1.33 bits per heavy atom. The van der Waals surface area contributed by atoms with Crippen molar-refractivity contribution in [2.45, 2.75) is 13.2 Å². The third kappa shape index (κ3) is 3.83. The predicted octanol–water partition coefficient (Wildman–Crippen LogP) is 3.72. The number of rotatable bonds is 6. The van der Waals surface area contributed by atoms with E-state index >= 15 is 0 Å². The fourth-order valence-corrected chi connectivity index (χ4v) is 2.79. The zero-order valence-corrected chi connectivity index (χ0v) is 13.5. The molecule has 2 heterocycles. The van der Waals surface area contributed by atoms with Crippen LogP contribution in [0.5, 0.6) is 5.75 Å². The maximum atomic E-state index is 12.2. The minimum Gasteiger partial charge on any atom is -0.489 e. The monoisotopic (exact) mass is 338 g/mol. The molecular weight excluding hydrogens is 324 g/mol. The van der Waals surface area contributed by atoms with Gasteiger partial charge in [0.25, 0.3) is 5.91 Å². The van der Waals surface area contributed by atoms with Gasteiger partial charge in [0.05, 0.1) is 17.9 Å². The van der Waals surface area contributed by atoms with Gasteiger partial charge >= 0.3 is 0 Å². The van der Waals surface area contributed by atoms with E-state index in [0.29, 0.717) is 23.4 Å². The summed E-state index contributed by atoms with van der Waals surface area (Å²) in [5, 5.41) is 15.7. The number of amides is 1. The van der Waals surface area contributed by atoms with E-state index in [0.717, 1.165) is 5.56 Å². The summed E-state index contributed by atoms with van der Waals surface area (Å²) in [4.78, 5) is 12.2. The number of nitrogens with zero attached hydrogens (tertiary/aromatic N) is 1. The number of carbonyl (C=O) groups is 1. The lowest BCUT2D eigenvalue weighted by molar-refractivity contribution is 0.0919. The summed E-state index contributed by atoms with van der Waals surface area (Å²) >= 11 is 1.58. The number of hydrogen-bond donors (Lipinski definition) is 1. The van der Waals surface area contributed by atoms with E-state index in [-0.39, 0.29) is 18.3 Å². The zero-order valence-electron chi connectivity index (χ0n) is 12.7. The fourth-order valence-electron chi connectivity index (χ4n) is 2.12. The molecule has 0 radical (unpaired) electrons. The number of benzene rings is 1. The molecule has 120 valence electrons. The van der Waals surface area contributed by atoms with Crippen LogP contribution in [0.1, 0.15) is 27.2 Å². The molecule has 6 heteroatoms. The Bertz CT molecular complexity index is 863. The van der Waals surface area contributed by atoms with Gasteiger partial charge in [-0.1, -0.05) is 6.07 Å². The minimum absolute atomic E-state index is 0.187. The maximum Gasteiger partial charge on any atom is 0.287 e. The average molecular weight is 338 g/mol. The lowest BCUT2D eigenvalue weighted by Gasteiger charge is -2.07. The first kappa shape index (κ1) is 15.8. The number of nitrogens with one attached hydrogen (secondary N) is 1. The van der Waals surface area contributed by atoms with Crippen molar-refractivity contribution in [1.29, 1.82) is 5.26 Å². The molecule has 0 spiro atoms. The number of carbonyl (C=O) groups excluding carboxylic acids is 1. The predicted molar refractivity (Wildman–Crippen MR) is 89.7 cm³/mol. The SMILES string of the molecule is N#Cc1cccc(OCc2ccoc2C(=O)NCc2ccsc2)c1. The van der Waals surface area contributed by atoms with Crippen molar-refractivity contribution in [2.75, 3.05) is 0 Å². The Morgan fingerprint density at radius 2 is 2.25 bits per heavy atom. The summed E-state index contributed by atoms with van der Waals surface area (Å²) in [6, 6.07) is 12.6. The van der Waals surface area contributed by atoms with Gasteiger partial charge in [-0.3, -0.25) is 4.79 Å². The van der Waals surface area contributed by atoms with E-state index in [1.54, 1.807) is 41.7 Å². The van der Waals surface area contributed by atoms with Crippen molar-refractivity contribution in [3.63, 3.8) is 0 Å². The van der Waals surface area contributed by atoms with Crippen molar-refractivity contribution in [1.82, 2.24) is 5.32 Å². The molecule has 1 N–H and O–H groups in total. The van der Waals surface area contributed by atoms with Crippen LogP contribution in [0.25, 0.3) is 0 Å². The molecule has 0 aliphatic heterocycles. The van der Waals surface area contributed by atoms with Crippen LogP contribution in [0, 0.1) is 11.3 Å². The highest BCUT2D eigenvalue weighted by atomic mass is 32.1. The first-order valence-corrected chi connectivity index (χ1v) is 8.19. The molecule has 0 fully saturated rings. The van der Waals surface area contributed by atoms with Crippen molar-refractivity contribution < 1.29 is 13.9 Å². The van der Waals surface area contributed by atoms with Gasteiger partial charge in [-0.25, -0.2) is 0 Å². The van der Waals surface area contributed by atoms with E-state index in [1.165, 1.54) is 6.26 Å². The third-order valence-electron chi connectivity index (χ3n) is 3.34. The van der Waals surface area contributed by atoms with Gasteiger partial charge in [0.1, 0.15) is 12.4 Å². The van der Waals surface area contributed by atoms with E-state index in [1.807, 2.05) is 16.8 Å². The lowest BCUT2D eigenvalue weighted by Crippen LogP contribution is -2.23. The van der Waals surface area contributed by atoms with E-state index < -0.39 is 0 Å². The molecule has 0 atom stereocenters. The topological polar surface area (TPSA) is 75.3 Å². The first-order valence-electron chi connectivity index (χ1n) is 7.25. The molecule has 3 rings (SSSR count). The summed E-state index contributed by atoms with van der Waals surface area (Å²) in [5.74, 6) is 0.525. The van der Waals surface area contributed by atoms with Gasteiger partial charge < -0.3 is 14.5 Å². The van der Waals surface area contributed by atoms with Gasteiger partial charge in [-0.2, -0.15) is 16.6 Å². The smallest absolute Gasteiger partial charge is 0.287 e. The average Bonchev–Trinajstić information content (AvgIpc) is 3.29. The van der Waals surface area contributed by atoms with E-state index in [4.69, 9.17) is 14.4 Å². The van der Waals surface area contributed by atoms with Crippen molar-refractivity contribution in [2.24, 2.45) is 0 Å². The van der Waals surface area contributed by atoms with Gasteiger partial charge in [0.2, 0.25) is 0 Å². The van der Waals surface area contributed by atoms with Crippen LogP contribution in [0.15, 0.2) is 57.8 Å². The Balaban J connectivity index is 1.62. The molecule has 0 unspecified atom stereocenters. The van der Waals surface area contributed by atoms with Gasteiger partial charge in [0.15, 0.2) is 5.76 Å². The van der Waals surface area contributed by atoms with E-state index in [9.17, 15) is 4.79 Å². The summed E-state index contributed by atoms with van der Waals surface area (Å²) < 4.78 is 10.9. The molecule has 24 heavy (non-hydrogen) atoms. The zero-order chi connectivity index (χ0) is 16.8. The van der Waals surface area contributed by atoms with Crippen LogP contribution in [0.4, 0.5) is 0 Å². The molecule has 0 aliphatic rings. The number of ether oxygens (including phenoxy) is 1. The second-order valence-electron chi connectivity index (χ2n) is 5.02. The van der Waals surface area contributed by atoms with Crippen LogP contribution in [0.2, 0.25) is 0 Å². The molecule has 1 amide bonds. The Kier molecular flexibility index (Phi) is 4.94. The summed E-state index contributed by atoms with van der Waals surface area (Å²) in [6.07, 6.45) is 1.46. The quantitative estimate of drug-likeness (QED) is 0.743. The molecule has 0 saturated heterocycles. The van der Waals surface area contributed by atoms with Crippen molar-refractivity contribution in [3.8, 4) is 11.8 Å². The number of furan rings is 1.